The van der Waals surface area contributed by atoms with Crippen molar-refractivity contribution in [3.05, 3.63) is 64.1 Å². The molecule has 2 unspecified atom stereocenters. The number of nitrogens with one attached hydrogen (secondary N) is 2. The van der Waals surface area contributed by atoms with Crippen LogP contribution >= 0.6 is 0 Å². The lowest BCUT2D eigenvalue weighted by Gasteiger charge is -2.21. The van der Waals surface area contributed by atoms with Gasteiger partial charge in [-0.1, -0.05) is 12.1 Å². The van der Waals surface area contributed by atoms with E-state index in [4.69, 9.17) is 9.76 Å². The number of nitrogens with zero attached hydrogens (tertiary/aromatic N) is 6. The number of fused-ring (bicyclic) bond motifs is 1. The second kappa shape index (κ2) is 9.48. The molecule has 11 heteroatoms. The van der Waals surface area contributed by atoms with Crippen LogP contribution in [0.1, 0.15) is 74.5 Å². The fourth-order valence-corrected chi connectivity index (χ4v) is 5.78. The lowest BCUT2D eigenvalue weighted by atomic mass is 10.1. The number of anilines is 1. The topological polar surface area (TPSA) is 139 Å². The predicted molar refractivity (Wildman–Crippen MR) is 150 cm³/mol. The minimum Gasteiger partial charge on any atom is -0.359 e. The summed E-state index contributed by atoms with van der Waals surface area (Å²) >= 11 is 0. The Morgan fingerprint density at radius 2 is 1.77 bits per heavy atom. The molecule has 4 aromatic rings. The van der Waals surface area contributed by atoms with Gasteiger partial charge in [-0.3, -0.25) is 9.36 Å². The van der Waals surface area contributed by atoms with Crippen molar-refractivity contribution in [1.82, 2.24) is 29.5 Å². The molecule has 2 aliphatic rings. The molecule has 1 aromatic carbocycles. The minimum atomic E-state index is -2.79. The summed E-state index contributed by atoms with van der Waals surface area (Å²) in [5.74, 6) is 1.58. The molecular weight excluding hydrogens is 512 g/mol. The van der Waals surface area contributed by atoms with Crippen LogP contribution in [0.3, 0.4) is 0 Å². The van der Waals surface area contributed by atoms with Crippen LogP contribution in [0, 0.1) is 17.6 Å². The van der Waals surface area contributed by atoms with Crippen molar-refractivity contribution in [1.29, 1.82) is 4.78 Å². The smallest absolute Gasteiger partial charge is 0.295 e. The van der Waals surface area contributed by atoms with E-state index < -0.39 is 9.73 Å². The van der Waals surface area contributed by atoms with Crippen LogP contribution in [0.15, 0.2) is 46.5 Å². The zero-order valence-electron chi connectivity index (χ0n) is 22.5. The Kier molecular flexibility index (Phi) is 6.21. The van der Waals surface area contributed by atoms with E-state index in [9.17, 15) is 9.00 Å². The van der Waals surface area contributed by atoms with E-state index in [1.807, 2.05) is 26.0 Å². The first-order valence-corrected chi connectivity index (χ1v) is 15.3. The molecule has 2 fully saturated rings. The molecule has 0 amide bonds. The van der Waals surface area contributed by atoms with Crippen LogP contribution < -0.4 is 10.9 Å². The highest BCUT2D eigenvalue weighted by Gasteiger charge is 2.33. The lowest BCUT2D eigenvalue weighted by Crippen LogP contribution is -2.30. The second-order valence-corrected chi connectivity index (χ2v) is 13.0. The molecule has 3 aromatic heterocycles. The molecule has 6 rings (SSSR count). The fourth-order valence-electron chi connectivity index (χ4n) is 5.12. The summed E-state index contributed by atoms with van der Waals surface area (Å²) in [4.78, 5) is 37.6. The summed E-state index contributed by atoms with van der Waals surface area (Å²) in [5, 5.41) is 3.28. The van der Waals surface area contributed by atoms with Crippen LogP contribution in [-0.2, 0) is 9.73 Å². The van der Waals surface area contributed by atoms with Crippen LogP contribution in [0.2, 0.25) is 0 Å². The molecular formula is C28H32N8O2S. The van der Waals surface area contributed by atoms with Gasteiger partial charge in [0, 0.05) is 23.1 Å². The van der Waals surface area contributed by atoms with Gasteiger partial charge in [0.25, 0.3) is 5.56 Å². The minimum absolute atomic E-state index is 0.0355. The molecule has 202 valence electrons. The van der Waals surface area contributed by atoms with E-state index in [2.05, 4.69) is 32.2 Å². The Labute approximate surface area is 227 Å². The molecule has 2 N–H and O–H groups in total. The van der Waals surface area contributed by atoms with Gasteiger partial charge in [0.15, 0.2) is 17.3 Å². The maximum Gasteiger partial charge on any atom is 0.295 e. The van der Waals surface area contributed by atoms with Crippen LogP contribution in [0.5, 0.6) is 0 Å². The Morgan fingerprint density at radius 3 is 2.41 bits per heavy atom. The highest BCUT2D eigenvalue weighted by molar-refractivity contribution is 7.91. The van der Waals surface area contributed by atoms with E-state index in [1.165, 1.54) is 6.26 Å². The van der Waals surface area contributed by atoms with Crippen LogP contribution in [-0.4, -0.2) is 40.0 Å². The Bertz CT molecular complexity index is 1740. The summed E-state index contributed by atoms with van der Waals surface area (Å²) in [6.07, 6.45) is 9.03. The first-order chi connectivity index (χ1) is 18.6. The molecule has 0 spiro atoms. The van der Waals surface area contributed by atoms with E-state index in [1.54, 1.807) is 29.2 Å². The van der Waals surface area contributed by atoms with Gasteiger partial charge in [-0.15, -0.1) is 0 Å². The molecule has 39 heavy (non-hydrogen) atoms. The third-order valence-corrected chi connectivity index (χ3v) is 8.95. The zero-order valence-corrected chi connectivity index (χ0v) is 23.3. The Hall–Kier alpha value is -3.73. The van der Waals surface area contributed by atoms with Gasteiger partial charge in [0.2, 0.25) is 0 Å². The first-order valence-electron chi connectivity index (χ1n) is 13.3. The Balaban J connectivity index is 1.43. The molecule has 3 heterocycles. The summed E-state index contributed by atoms with van der Waals surface area (Å²) in [7, 11) is -2.79. The van der Waals surface area contributed by atoms with E-state index in [0.717, 1.165) is 48.2 Å². The van der Waals surface area contributed by atoms with Crippen molar-refractivity contribution in [3.63, 3.8) is 0 Å². The van der Waals surface area contributed by atoms with Crippen molar-refractivity contribution in [3.8, 4) is 11.4 Å². The normalized spacial score (nSPS) is 18.5. The average Bonchev–Trinajstić information content (AvgIpc) is 3.82. The average molecular weight is 545 g/mol. The SMILES string of the molecule is Cc1ncnc(C2CC2)c1-c1ncc2nc(NC(C)c3ccc(S(C)(=N)=O)cc3)c(=O)n([C@@H](C)C3CC3)c2n1. The maximum atomic E-state index is 13.9. The Morgan fingerprint density at radius 1 is 1.05 bits per heavy atom. The number of aromatic nitrogens is 6. The number of hydrogen-bond acceptors (Lipinski definition) is 9. The molecule has 0 aliphatic heterocycles. The third-order valence-electron chi connectivity index (χ3n) is 7.78. The van der Waals surface area contributed by atoms with Gasteiger partial charge in [-0.05, 0) is 70.1 Å². The van der Waals surface area contributed by atoms with E-state index in [-0.39, 0.29) is 23.5 Å². The quantitative estimate of drug-likeness (QED) is 0.316. The number of rotatable bonds is 8. The molecule has 2 saturated carbocycles. The highest BCUT2D eigenvalue weighted by Crippen LogP contribution is 2.43. The molecule has 2 aliphatic carbocycles. The largest absolute Gasteiger partial charge is 0.359 e. The van der Waals surface area contributed by atoms with Gasteiger partial charge in [-0.25, -0.2) is 33.9 Å². The van der Waals surface area contributed by atoms with Crippen molar-refractivity contribution in [2.24, 2.45) is 5.92 Å². The van der Waals surface area contributed by atoms with Gasteiger partial charge in [0.1, 0.15) is 11.8 Å². The van der Waals surface area contributed by atoms with Gasteiger partial charge >= 0.3 is 0 Å². The predicted octanol–water partition coefficient (Wildman–Crippen LogP) is 5.01. The van der Waals surface area contributed by atoms with Crippen molar-refractivity contribution < 1.29 is 4.21 Å². The molecule has 0 radical (unpaired) electrons. The monoisotopic (exact) mass is 544 g/mol. The van der Waals surface area contributed by atoms with E-state index in [0.29, 0.717) is 33.7 Å². The van der Waals surface area contributed by atoms with E-state index >= 15 is 0 Å². The lowest BCUT2D eigenvalue weighted by molar-refractivity contribution is 0.482. The van der Waals surface area contributed by atoms with Crippen molar-refractivity contribution in [2.45, 2.75) is 69.4 Å². The number of aryl methyl sites for hydroxylation is 1. The molecule has 0 saturated heterocycles. The summed E-state index contributed by atoms with van der Waals surface area (Å²) in [5.41, 5.74) is 4.38. The standard InChI is InChI=1S/C28H32N8O2S/c1-15(18-9-11-21(12-10-18)39(4,29)38)33-26-28(37)36(17(3)19-5-6-19)27-22(34-26)13-30-25(35-27)23-16(2)31-14-32-24(23)20-7-8-20/h9-15,17,19-20,29H,5-8H2,1-4H3,(H,33,34)/t15?,17-,39?/m0/s1. The molecule has 10 nitrogen and oxygen atoms in total. The second-order valence-electron chi connectivity index (χ2n) is 10.9. The summed E-state index contributed by atoms with van der Waals surface area (Å²) < 4.78 is 21.6. The highest BCUT2D eigenvalue weighted by atomic mass is 32.2. The number of hydrogen-bond donors (Lipinski definition) is 2. The molecule has 3 atom stereocenters. The summed E-state index contributed by atoms with van der Waals surface area (Å²) in [6, 6.07) is 6.77. The summed E-state index contributed by atoms with van der Waals surface area (Å²) in [6.45, 7) is 5.95. The van der Waals surface area contributed by atoms with Crippen molar-refractivity contribution in [2.75, 3.05) is 11.6 Å². The molecule has 0 bridgehead atoms. The van der Waals surface area contributed by atoms with Crippen molar-refractivity contribution >= 4 is 26.7 Å². The first kappa shape index (κ1) is 25.5. The zero-order chi connectivity index (χ0) is 27.5. The van der Waals surface area contributed by atoms with Gasteiger partial charge in [-0.2, -0.15) is 0 Å². The van der Waals surface area contributed by atoms with Gasteiger partial charge in [0.05, 0.1) is 38.9 Å². The number of benzene rings is 1. The van der Waals surface area contributed by atoms with Gasteiger partial charge < -0.3 is 5.32 Å². The van der Waals surface area contributed by atoms with Crippen LogP contribution in [0.4, 0.5) is 5.82 Å². The fraction of sp³-hybridized carbons (Fsp3) is 0.429. The third kappa shape index (κ3) is 4.91. The maximum absolute atomic E-state index is 13.9. The van der Waals surface area contributed by atoms with Crippen LogP contribution in [0.25, 0.3) is 22.6 Å².